The Balaban J connectivity index is 1.27. The molecule has 1 fully saturated rings. The van der Waals surface area contributed by atoms with E-state index in [0.29, 0.717) is 64.2 Å². The van der Waals surface area contributed by atoms with Gasteiger partial charge in [-0.05, 0) is 102 Å². The van der Waals surface area contributed by atoms with Crippen LogP contribution in [0.15, 0.2) is 103 Å². The van der Waals surface area contributed by atoms with Crippen LogP contribution >= 0.6 is 11.8 Å². The van der Waals surface area contributed by atoms with Crippen LogP contribution in [0.5, 0.6) is 0 Å². The molecule has 0 unspecified atom stereocenters. The molecule has 1 aliphatic rings. The summed E-state index contributed by atoms with van der Waals surface area (Å²) in [5.41, 5.74) is 20.3. The Morgan fingerprint density at radius 1 is 0.492 bits per heavy atom. The van der Waals surface area contributed by atoms with Crippen molar-refractivity contribution in [3.05, 3.63) is 120 Å². The number of aliphatic hydroxyl groups excluding tert-OH is 1. The summed E-state index contributed by atoms with van der Waals surface area (Å²) in [5, 5.41) is 68.3. The predicted molar refractivity (Wildman–Crippen MR) is 459 cm³/mol. The highest BCUT2D eigenvalue weighted by molar-refractivity contribution is 8.00. The number of nitrogens with two attached hydrogens (primary N) is 3. The van der Waals surface area contributed by atoms with E-state index in [2.05, 4.69) is 84.4 Å². The maximum absolute atomic E-state index is 15.2. The highest BCUT2D eigenvalue weighted by atomic mass is 32.2. The van der Waals surface area contributed by atoms with Crippen molar-refractivity contribution in [1.82, 2.24) is 84.4 Å². The van der Waals surface area contributed by atoms with E-state index in [9.17, 15) is 63.0 Å². The summed E-state index contributed by atoms with van der Waals surface area (Å²) in [5.74, 6) is -18.1. The number of thioether (sulfide) groups is 1. The van der Waals surface area contributed by atoms with Gasteiger partial charge in [0.2, 0.25) is 82.7 Å². The lowest BCUT2D eigenvalue weighted by Gasteiger charge is -2.30. The number of fused-ring (bicyclic) bond motifs is 3. The number of benzene rings is 4. The van der Waals surface area contributed by atoms with E-state index in [1.54, 1.807) is 109 Å². The van der Waals surface area contributed by atoms with Crippen LogP contribution in [0, 0.1) is 23.2 Å². The molecule has 0 saturated carbocycles. The van der Waals surface area contributed by atoms with Crippen molar-refractivity contribution in [2.45, 2.75) is 211 Å². The van der Waals surface area contributed by atoms with Gasteiger partial charge in [-0.2, -0.15) is 0 Å². The van der Waals surface area contributed by atoms with Gasteiger partial charge in [-0.15, -0.1) is 11.8 Å². The highest BCUT2D eigenvalue weighted by Crippen LogP contribution is 2.24. The number of hydrogen-bond acceptors (Lipinski definition) is 19. The number of carbonyl (C=O) groups excluding carboxylic acids is 14. The molecular formula is C84H118N20O17S. The minimum Gasteiger partial charge on any atom is -0.481 e. The SMILES string of the molecule is CCCC[C@@H]1NC(=O)[C@H](Cc2c[nH]c3ccccc23)NC(=O)[C@H](CC(=O)O)NC(=O)[C@H](CCCNC(=N)N)NC(=O)CNC(=O)[C@H](CO)NC(=O)[C@@H]([C@@H](C)CC)NC(=O)[C@H](Cc2ccc3ccccc3c2)NC(=O)[C@H]([C@@H](C)CC)NC(=O)CSC[C@@H](C(N)=O)NC(=O)[C@H](C(C)C)NC(=O)[C@H](Cc2c[nH]c3ccccc23)NC(=O)[C@@H](CCCCN)NC1=O. The number of unbranched alkanes of at least 4 members (excludes halogenated alkanes) is 2. The van der Waals surface area contributed by atoms with Gasteiger partial charge < -0.3 is 112 Å². The lowest BCUT2D eigenvalue weighted by Crippen LogP contribution is -2.61. The summed E-state index contributed by atoms with van der Waals surface area (Å²) in [6.45, 7) is 10.0. The first-order valence-electron chi connectivity index (χ1n) is 41.2. The van der Waals surface area contributed by atoms with Gasteiger partial charge in [0, 0.05) is 65.8 Å². The van der Waals surface area contributed by atoms with Gasteiger partial charge in [0.25, 0.3) is 0 Å². The Bertz CT molecular complexity index is 4670. The third-order valence-corrected chi connectivity index (χ3v) is 22.4. The monoisotopic (exact) mass is 1710 g/mol. The molecule has 0 bridgehead atoms. The lowest BCUT2D eigenvalue weighted by molar-refractivity contribution is -0.141. The molecule has 1 aliphatic heterocycles. The number of aliphatic hydroxyl groups is 1. The van der Waals surface area contributed by atoms with Crippen molar-refractivity contribution >= 4 is 139 Å². The van der Waals surface area contributed by atoms with Gasteiger partial charge in [-0.3, -0.25) is 77.3 Å². The molecule has 0 aliphatic carbocycles. The van der Waals surface area contributed by atoms with E-state index in [-0.39, 0.29) is 76.6 Å². The number of aromatic nitrogens is 2. The first kappa shape index (κ1) is 96.9. The number of carboxylic acids is 1. The van der Waals surface area contributed by atoms with Crippen LogP contribution in [-0.2, 0) is 91.2 Å². The van der Waals surface area contributed by atoms with Gasteiger partial charge in [0.15, 0.2) is 5.96 Å². The number of aromatic amines is 2. The molecule has 0 radical (unpaired) electrons. The van der Waals surface area contributed by atoms with Gasteiger partial charge >= 0.3 is 5.97 Å². The third kappa shape index (κ3) is 29.3. The number of hydrogen-bond donors (Lipinski definition) is 22. The summed E-state index contributed by atoms with van der Waals surface area (Å²) in [4.78, 5) is 223. The Hall–Kier alpha value is -12.2. The molecule has 14 amide bonds. The van der Waals surface area contributed by atoms with Crippen LogP contribution in [0.3, 0.4) is 0 Å². The lowest BCUT2D eigenvalue weighted by atomic mass is 9.95. The average molecular weight is 1710 g/mol. The van der Waals surface area contributed by atoms with E-state index in [0.717, 1.165) is 22.5 Å². The van der Waals surface area contributed by atoms with Crippen molar-refractivity contribution in [2.75, 3.05) is 37.7 Å². The van der Waals surface area contributed by atoms with Crippen molar-refractivity contribution in [3.8, 4) is 0 Å². The van der Waals surface area contributed by atoms with E-state index < -0.39 is 210 Å². The molecule has 1 saturated heterocycles. The zero-order chi connectivity index (χ0) is 89.3. The molecule has 662 valence electrons. The maximum Gasteiger partial charge on any atom is 0.305 e. The summed E-state index contributed by atoms with van der Waals surface area (Å²) in [6, 6.07) is 8.31. The largest absolute Gasteiger partial charge is 0.481 e. The zero-order valence-corrected chi connectivity index (χ0v) is 70.6. The fraction of sp³-hybridized carbons (Fsp3) is 0.500. The number of para-hydroxylation sites is 2. The van der Waals surface area contributed by atoms with Crippen molar-refractivity contribution in [2.24, 2.45) is 35.0 Å². The maximum atomic E-state index is 15.2. The molecule has 14 atom stereocenters. The van der Waals surface area contributed by atoms with E-state index in [1.165, 1.54) is 0 Å². The number of carboxylic acid groups (broad SMARTS) is 1. The fourth-order valence-electron chi connectivity index (χ4n) is 13.9. The molecule has 38 heteroatoms. The molecule has 25 N–H and O–H groups in total. The Kier molecular flexibility index (Phi) is 38.4. The van der Waals surface area contributed by atoms with Crippen LogP contribution < -0.4 is 91.6 Å². The minimum atomic E-state index is -2.00. The summed E-state index contributed by atoms with van der Waals surface area (Å²) in [7, 11) is 0. The number of aliphatic carboxylic acids is 1. The molecule has 6 aromatic rings. The second-order valence-corrected chi connectivity index (χ2v) is 32.0. The Morgan fingerprint density at radius 3 is 1.48 bits per heavy atom. The molecular weight excluding hydrogens is 1590 g/mol. The molecule has 0 spiro atoms. The number of rotatable bonds is 26. The first-order chi connectivity index (χ1) is 58.3. The molecule has 37 nitrogen and oxygen atoms in total. The topological polar surface area (TPSA) is 598 Å². The fourth-order valence-corrected chi connectivity index (χ4v) is 14.8. The quantitative estimate of drug-likeness (QED) is 0.0190. The van der Waals surface area contributed by atoms with Crippen LogP contribution in [0.1, 0.15) is 136 Å². The van der Waals surface area contributed by atoms with E-state index in [4.69, 9.17) is 22.6 Å². The van der Waals surface area contributed by atoms with Crippen LogP contribution in [0.25, 0.3) is 32.6 Å². The van der Waals surface area contributed by atoms with Crippen LogP contribution in [0.4, 0.5) is 0 Å². The standard InChI is InChI=1S/C84H118N20O17S/c1-8-11-25-58-75(113)94-59(28-18-19-32-85)76(114)96-62(37-52-40-91-56-27-17-15-24-54(52)56)80(118)103-69(45(4)5)81(119)101-65(72(86)110)43-122-44-67(107)102-70(46(6)9-2)82(120)99-60(35-48-30-31-49-21-12-13-22-50(49)34-48)79(117)104-71(47(7)10-3)83(121)100-64(42-105)73(111)92-41-66(106)93-57(29-20-33-89-84(87)88)74(112)98-63(38-68(108)109)78(116)97-61(77(115)95-58)36-51-39-90-55-26-16-14-23-53(51)55/h12-17,21-24,26-27,30-31,34,39-40,45-47,57-65,69-71,90-91,105H,8-11,18-20,25,28-29,32-33,35-38,41-44,85H2,1-7H3,(H2,86,110)(H,92,111)(H,93,106)(H,94,113)(H,95,115)(H,96,114)(H,97,116)(H,98,112)(H,99,120)(H,100,121)(H,101,119)(H,102,107)(H,103,118)(H,104,117)(H,108,109)(H4,87,88,89)/t46-,47-,57-,58-,59+,60-,61-,62-,63-,64-,65-,69-,70-,71+/m0/s1. The molecule has 2 aromatic heterocycles. The molecule has 4 aromatic carbocycles. The smallest absolute Gasteiger partial charge is 0.305 e. The minimum absolute atomic E-state index is 0.0102. The second-order valence-electron chi connectivity index (χ2n) is 31.0. The van der Waals surface area contributed by atoms with Crippen LogP contribution in [-0.4, -0.2) is 225 Å². The highest BCUT2D eigenvalue weighted by Gasteiger charge is 2.40. The molecule has 122 heavy (non-hydrogen) atoms. The summed E-state index contributed by atoms with van der Waals surface area (Å²) < 4.78 is 0. The van der Waals surface area contributed by atoms with Crippen molar-refractivity contribution < 1.29 is 82.1 Å². The zero-order valence-electron chi connectivity index (χ0n) is 69.8. The number of primary amides is 1. The predicted octanol–water partition coefficient (Wildman–Crippen LogP) is -0.206. The van der Waals surface area contributed by atoms with Crippen molar-refractivity contribution in [3.63, 3.8) is 0 Å². The van der Waals surface area contributed by atoms with Gasteiger partial charge in [-0.1, -0.05) is 153 Å². The molecule has 3 heterocycles. The number of H-pyrrole nitrogens is 2. The molecule has 7 rings (SSSR count). The average Bonchev–Trinajstić information content (AvgIpc) is 0.965. The van der Waals surface area contributed by atoms with Crippen LogP contribution in [0.2, 0.25) is 0 Å². The van der Waals surface area contributed by atoms with Crippen molar-refractivity contribution in [1.29, 1.82) is 5.41 Å². The number of carbonyl (C=O) groups is 15. The normalized spacial score (nSPS) is 23.3. The first-order valence-corrected chi connectivity index (χ1v) is 42.4. The third-order valence-electron chi connectivity index (χ3n) is 21.3. The number of amides is 14. The number of guanidine groups is 1. The van der Waals surface area contributed by atoms with Gasteiger partial charge in [0.05, 0.1) is 25.3 Å². The van der Waals surface area contributed by atoms with E-state index in [1.807, 2.05) is 43.3 Å². The Morgan fingerprint density at radius 2 is 0.951 bits per heavy atom. The summed E-state index contributed by atoms with van der Waals surface area (Å²) >= 11 is 0.873. The number of nitrogens with one attached hydrogen (secondary N) is 17. The Labute approximate surface area is 711 Å². The second kappa shape index (κ2) is 48.3. The van der Waals surface area contributed by atoms with Gasteiger partial charge in [-0.25, -0.2) is 0 Å². The van der Waals surface area contributed by atoms with Gasteiger partial charge in [0.1, 0.15) is 72.5 Å². The van der Waals surface area contributed by atoms with E-state index >= 15 is 19.2 Å². The summed E-state index contributed by atoms with van der Waals surface area (Å²) in [6.07, 6.45) is 3.04.